The van der Waals surface area contributed by atoms with Crippen molar-refractivity contribution in [1.82, 2.24) is 4.90 Å². The third kappa shape index (κ3) is 4.31. The number of carboxylic acid groups (broad SMARTS) is 1. The van der Waals surface area contributed by atoms with Crippen molar-refractivity contribution in [1.29, 1.82) is 0 Å². The van der Waals surface area contributed by atoms with Gasteiger partial charge in [0.15, 0.2) is 0 Å². The Morgan fingerprint density at radius 1 is 1.26 bits per heavy atom. The number of nitrogens with zero attached hydrogens (tertiary/aromatic N) is 1. The molecule has 0 aliphatic carbocycles. The second kappa shape index (κ2) is 7.90. The lowest BCUT2D eigenvalue weighted by atomic mass is 10.1. The number of hydrogen-bond acceptors (Lipinski definition) is 4. The number of rotatable bonds is 7. The van der Waals surface area contributed by atoms with Gasteiger partial charge in [0, 0.05) is 27.9 Å². The van der Waals surface area contributed by atoms with Crippen LogP contribution in [0.15, 0.2) is 41.1 Å². The average molecular weight is 348 g/mol. The molecule has 1 aliphatic heterocycles. The van der Waals surface area contributed by atoms with E-state index in [2.05, 4.69) is 46.0 Å². The van der Waals surface area contributed by atoms with Gasteiger partial charge >= 0.3 is 5.97 Å². The van der Waals surface area contributed by atoms with Gasteiger partial charge in [0.2, 0.25) is 0 Å². The average Bonchev–Trinajstić information content (AvgIpc) is 3.26. The quantitative estimate of drug-likeness (QED) is 0.797. The van der Waals surface area contributed by atoms with Crippen LogP contribution in [0.5, 0.6) is 0 Å². The van der Waals surface area contributed by atoms with Gasteiger partial charge in [-0.15, -0.1) is 22.7 Å². The SMILES string of the molecule is O=C(O)C[C@@H]1CCCN1CCC=C(c1cccs1)c1cccs1. The summed E-state index contributed by atoms with van der Waals surface area (Å²) in [7, 11) is 0. The zero-order valence-corrected chi connectivity index (χ0v) is 14.6. The van der Waals surface area contributed by atoms with Crippen molar-refractivity contribution in [3.05, 3.63) is 50.9 Å². The summed E-state index contributed by atoms with van der Waals surface area (Å²) in [5, 5.41) is 13.2. The Morgan fingerprint density at radius 2 is 1.96 bits per heavy atom. The molecule has 3 heterocycles. The van der Waals surface area contributed by atoms with Gasteiger partial charge in [-0.2, -0.15) is 0 Å². The molecule has 1 fully saturated rings. The maximum atomic E-state index is 11.0. The van der Waals surface area contributed by atoms with Gasteiger partial charge in [0.25, 0.3) is 0 Å². The summed E-state index contributed by atoms with van der Waals surface area (Å²) >= 11 is 3.54. The van der Waals surface area contributed by atoms with E-state index in [1.54, 1.807) is 22.7 Å². The fraction of sp³-hybridized carbons (Fsp3) is 0.389. The molecule has 0 saturated carbocycles. The molecular weight excluding hydrogens is 326 g/mol. The van der Waals surface area contributed by atoms with Gasteiger partial charge in [-0.1, -0.05) is 18.2 Å². The highest BCUT2D eigenvalue weighted by atomic mass is 32.1. The molecule has 1 atom stereocenters. The monoisotopic (exact) mass is 347 g/mol. The minimum Gasteiger partial charge on any atom is -0.481 e. The molecular formula is C18H21NO2S2. The number of carbonyl (C=O) groups is 1. The van der Waals surface area contributed by atoms with E-state index >= 15 is 0 Å². The zero-order chi connectivity index (χ0) is 16.1. The maximum absolute atomic E-state index is 11.0. The van der Waals surface area contributed by atoms with Crippen LogP contribution < -0.4 is 0 Å². The van der Waals surface area contributed by atoms with E-state index in [0.29, 0.717) is 0 Å². The predicted octanol–water partition coefficient (Wildman–Crippen LogP) is 4.57. The second-order valence-corrected chi connectivity index (χ2v) is 7.69. The summed E-state index contributed by atoms with van der Waals surface area (Å²) < 4.78 is 0. The minimum atomic E-state index is -0.685. The normalized spacial score (nSPS) is 18.2. The third-order valence-electron chi connectivity index (χ3n) is 4.25. The molecule has 2 aromatic rings. The van der Waals surface area contributed by atoms with Crippen LogP contribution in [-0.2, 0) is 4.79 Å². The third-order valence-corrected chi connectivity index (χ3v) is 6.05. The molecule has 1 aliphatic rings. The molecule has 0 amide bonds. The van der Waals surface area contributed by atoms with E-state index in [1.807, 2.05) is 0 Å². The summed E-state index contributed by atoms with van der Waals surface area (Å²) in [6.07, 6.45) is 5.67. The lowest BCUT2D eigenvalue weighted by Crippen LogP contribution is -2.32. The molecule has 5 heteroatoms. The van der Waals surface area contributed by atoms with Crippen molar-refractivity contribution in [2.45, 2.75) is 31.7 Å². The van der Waals surface area contributed by atoms with E-state index in [1.165, 1.54) is 15.3 Å². The first-order chi connectivity index (χ1) is 11.2. The Balaban J connectivity index is 1.66. The molecule has 0 radical (unpaired) electrons. The van der Waals surface area contributed by atoms with Gasteiger partial charge in [-0.25, -0.2) is 0 Å². The van der Waals surface area contributed by atoms with Gasteiger partial charge in [0.05, 0.1) is 6.42 Å². The lowest BCUT2D eigenvalue weighted by molar-refractivity contribution is -0.138. The van der Waals surface area contributed by atoms with Gasteiger partial charge in [0.1, 0.15) is 0 Å². The predicted molar refractivity (Wildman–Crippen MR) is 97.2 cm³/mol. The summed E-state index contributed by atoms with van der Waals surface area (Å²) in [6, 6.07) is 8.72. The number of hydrogen-bond donors (Lipinski definition) is 1. The van der Waals surface area contributed by atoms with Crippen LogP contribution in [0.2, 0.25) is 0 Å². The van der Waals surface area contributed by atoms with Crippen molar-refractivity contribution in [3.63, 3.8) is 0 Å². The van der Waals surface area contributed by atoms with Crippen molar-refractivity contribution in [2.75, 3.05) is 13.1 Å². The first-order valence-corrected chi connectivity index (χ1v) is 9.74. The smallest absolute Gasteiger partial charge is 0.304 e. The van der Waals surface area contributed by atoms with Crippen LogP contribution in [0, 0.1) is 0 Å². The second-order valence-electron chi connectivity index (χ2n) is 5.79. The Kier molecular flexibility index (Phi) is 5.65. The molecule has 0 spiro atoms. The summed E-state index contributed by atoms with van der Waals surface area (Å²) in [5.41, 5.74) is 1.31. The molecule has 23 heavy (non-hydrogen) atoms. The van der Waals surface area contributed by atoms with Crippen LogP contribution >= 0.6 is 22.7 Å². The van der Waals surface area contributed by atoms with Crippen molar-refractivity contribution in [2.24, 2.45) is 0 Å². The number of thiophene rings is 2. The lowest BCUT2D eigenvalue weighted by Gasteiger charge is -2.22. The molecule has 0 bridgehead atoms. The van der Waals surface area contributed by atoms with Crippen LogP contribution in [0.25, 0.3) is 5.57 Å². The Labute approximate surface area is 144 Å². The van der Waals surface area contributed by atoms with E-state index in [-0.39, 0.29) is 12.5 Å². The highest BCUT2D eigenvalue weighted by Gasteiger charge is 2.25. The standard InChI is InChI=1S/C18H21NO2S2/c20-18(21)13-14-5-1-9-19(14)10-2-6-15(16-7-3-11-22-16)17-8-4-12-23-17/h3-4,6-8,11-12,14H,1-2,5,9-10,13H2,(H,20,21)/t14-/m0/s1. The maximum Gasteiger partial charge on any atom is 0.304 e. The van der Waals surface area contributed by atoms with E-state index in [0.717, 1.165) is 32.4 Å². The Morgan fingerprint density at radius 3 is 2.52 bits per heavy atom. The van der Waals surface area contributed by atoms with Gasteiger partial charge in [-0.3, -0.25) is 9.69 Å². The Bertz CT molecular complexity index is 610. The highest BCUT2D eigenvalue weighted by molar-refractivity contribution is 7.13. The van der Waals surface area contributed by atoms with E-state index < -0.39 is 5.97 Å². The first kappa shape index (κ1) is 16.4. The highest BCUT2D eigenvalue weighted by Crippen LogP contribution is 2.31. The van der Waals surface area contributed by atoms with E-state index in [4.69, 9.17) is 5.11 Å². The molecule has 2 aromatic heterocycles. The Hall–Kier alpha value is -1.43. The first-order valence-electron chi connectivity index (χ1n) is 7.98. The summed E-state index contributed by atoms with van der Waals surface area (Å²) in [4.78, 5) is 15.9. The number of likely N-dealkylation sites (tertiary alicyclic amines) is 1. The minimum absolute atomic E-state index is 0.216. The number of aliphatic carboxylic acids is 1. The fourth-order valence-electron chi connectivity index (χ4n) is 3.18. The molecule has 122 valence electrons. The molecule has 0 aromatic carbocycles. The molecule has 1 saturated heterocycles. The zero-order valence-electron chi connectivity index (χ0n) is 13.0. The van der Waals surface area contributed by atoms with Gasteiger partial charge in [-0.05, 0) is 48.7 Å². The molecule has 3 nitrogen and oxygen atoms in total. The summed E-state index contributed by atoms with van der Waals surface area (Å²) in [6.45, 7) is 1.97. The molecule has 1 N–H and O–H groups in total. The van der Waals surface area contributed by atoms with Crippen molar-refractivity contribution < 1.29 is 9.90 Å². The fourth-order valence-corrected chi connectivity index (χ4v) is 4.81. The van der Waals surface area contributed by atoms with Crippen LogP contribution in [0.1, 0.15) is 35.4 Å². The molecule has 0 unspecified atom stereocenters. The van der Waals surface area contributed by atoms with Crippen molar-refractivity contribution in [3.8, 4) is 0 Å². The van der Waals surface area contributed by atoms with Crippen LogP contribution in [0.3, 0.4) is 0 Å². The molecule has 3 rings (SSSR count). The van der Waals surface area contributed by atoms with Gasteiger partial charge < -0.3 is 5.11 Å². The van der Waals surface area contributed by atoms with Crippen molar-refractivity contribution >= 4 is 34.2 Å². The van der Waals surface area contributed by atoms with E-state index in [9.17, 15) is 4.79 Å². The largest absolute Gasteiger partial charge is 0.481 e. The summed E-state index contributed by atoms with van der Waals surface area (Å²) in [5.74, 6) is -0.685. The number of carboxylic acids is 1. The van der Waals surface area contributed by atoms with Crippen LogP contribution in [0.4, 0.5) is 0 Å². The van der Waals surface area contributed by atoms with Crippen LogP contribution in [-0.4, -0.2) is 35.1 Å². The topological polar surface area (TPSA) is 40.5 Å².